The summed E-state index contributed by atoms with van der Waals surface area (Å²) in [5.74, 6) is -0.359. The standard InChI is InChI=1S/C14H10Cl2N2O3/c15-11-4-1-9(2-5-11)8-17-14(19)10-3-6-13(18(20)21)12(16)7-10/h1-7H,8H2,(H,17,19). The molecule has 0 saturated heterocycles. The average molecular weight is 325 g/mol. The second-order valence-electron chi connectivity index (χ2n) is 4.23. The summed E-state index contributed by atoms with van der Waals surface area (Å²) in [5, 5.41) is 13.9. The number of nitro benzene ring substituents is 1. The topological polar surface area (TPSA) is 72.2 Å². The van der Waals surface area contributed by atoms with Crippen LogP contribution in [0.15, 0.2) is 42.5 Å². The monoisotopic (exact) mass is 324 g/mol. The van der Waals surface area contributed by atoms with Crippen LogP contribution >= 0.6 is 23.2 Å². The van der Waals surface area contributed by atoms with Gasteiger partial charge < -0.3 is 5.32 Å². The van der Waals surface area contributed by atoms with Crippen LogP contribution in [-0.2, 0) is 6.54 Å². The van der Waals surface area contributed by atoms with Gasteiger partial charge in [0.25, 0.3) is 11.6 Å². The van der Waals surface area contributed by atoms with Gasteiger partial charge in [0.1, 0.15) is 5.02 Å². The van der Waals surface area contributed by atoms with Crippen LogP contribution in [0.25, 0.3) is 0 Å². The highest BCUT2D eigenvalue weighted by molar-refractivity contribution is 6.33. The molecule has 0 fully saturated rings. The third-order valence-electron chi connectivity index (χ3n) is 2.77. The Bertz CT molecular complexity index is 687. The van der Waals surface area contributed by atoms with E-state index in [0.717, 1.165) is 5.56 Å². The molecule has 0 aliphatic rings. The van der Waals surface area contributed by atoms with Gasteiger partial charge in [0.05, 0.1) is 4.92 Å². The highest BCUT2D eigenvalue weighted by atomic mass is 35.5. The number of rotatable bonds is 4. The lowest BCUT2D eigenvalue weighted by atomic mass is 10.2. The smallest absolute Gasteiger partial charge is 0.287 e. The normalized spacial score (nSPS) is 10.2. The summed E-state index contributed by atoms with van der Waals surface area (Å²) in [6.45, 7) is 0.324. The van der Waals surface area contributed by atoms with Gasteiger partial charge >= 0.3 is 0 Å². The number of nitrogens with one attached hydrogen (secondary N) is 1. The Labute approximate surface area is 130 Å². The molecule has 0 spiro atoms. The maximum Gasteiger partial charge on any atom is 0.287 e. The molecule has 1 amide bonds. The molecular formula is C14H10Cl2N2O3. The van der Waals surface area contributed by atoms with Crippen molar-refractivity contribution >= 4 is 34.8 Å². The molecule has 0 saturated carbocycles. The van der Waals surface area contributed by atoms with Gasteiger partial charge in [0, 0.05) is 23.2 Å². The molecule has 0 atom stereocenters. The molecule has 2 rings (SSSR count). The number of amides is 1. The lowest BCUT2D eigenvalue weighted by molar-refractivity contribution is -0.384. The molecule has 0 unspecified atom stereocenters. The zero-order valence-corrected chi connectivity index (χ0v) is 12.2. The number of benzene rings is 2. The Morgan fingerprint density at radius 3 is 2.38 bits per heavy atom. The number of carbonyl (C=O) groups is 1. The first-order valence-electron chi connectivity index (χ1n) is 5.94. The molecule has 0 bridgehead atoms. The maximum atomic E-state index is 12.0. The number of halogens is 2. The summed E-state index contributed by atoms with van der Waals surface area (Å²) in [6, 6.07) is 10.9. The average Bonchev–Trinajstić information content (AvgIpc) is 2.45. The summed E-state index contributed by atoms with van der Waals surface area (Å²) in [4.78, 5) is 22.0. The summed E-state index contributed by atoms with van der Waals surface area (Å²) >= 11 is 11.5. The van der Waals surface area contributed by atoms with E-state index in [-0.39, 0.29) is 22.2 Å². The molecule has 2 aromatic carbocycles. The molecule has 21 heavy (non-hydrogen) atoms. The van der Waals surface area contributed by atoms with Crippen molar-refractivity contribution in [2.24, 2.45) is 0 Å². The number of hydrogen-bond donors (Lipinski definition) is 1. The first-order chi connectivity index (χ1) is 9.97. The van der Waals surface area contributed by atoms with Crippen LogP contribution in [0.1, 0.15) is 15.9 Å². The first-order valence-corrected chi connectivity index (χ1v) is 6.69. The fourth-order valence-electron chi connectivity index (χ4n) is 1.68. The van der Waals surface area contributed by atoms with E-state index >= 15 is 0 Å². The number of nitrogens with zero attached hydrogens (tertiary/aromatic N) is 1. The molecule has 0 radical (unpaired) electrons. The second kappa shape index (κ2) is 6.56. The van der Waals surface area contributed by atoms with Crippen LogP contribution in [-0.4, -0.2) is 10.8 Å². The highest BCUT2D eigenvalue weighted by Gasteiger charge is 2.15. The van der Waals surface area contributed by atoms with Gasteiger partial charge in [-0.1, -0.05) is 35.3 Å². The Morgan fingerprint density at radius 1 is 1.14 bits per heavy atom. The second-order valence-corrected chi connectivity index (χ2v) is 5.08. The van der Waals surface area contributed by atoms with E-state index in [9.17, 15) is 14.9 Å². The lowest BCUT2D eigenvalue weighted by Gasteiger charge is -2.06. The van der Waals surface area contributed by atoms with E-state index in [1.165, 1.54) is 18.2 Å². The zero-order valence-electron chi connectivity index (χ0n) is 10.7. The third kappa shape index (κ3) is 3.93. The van der Waals surface area contributed by atoms with E-state index in [2.05, 4.69) is 5.32 Å². The molecule has 0 aliphatic heterocycles. The third-order valence-corrected chi connectivity index (χ3v) is 3.33. The van der Waals surface area contributed by atoms with Crippen molar-refractivity contribution in [1.82, 2.24) is 5.32 Å². The van der Waals surface area contributed by atoms with E-state index in [0.29, 0.717) is 11.6 Å². The highest BCUT2D eigenvalue weighted by Crippen LogP contribution is 2.24. The Hall–Kier alpha value is -2.11. The van der Waals surface area contributed by atoms with Gasteiger partial charge in [-0.3, -0.25) is 14.9 Å². The van der Waals surface area contributed by atoms with Crippen LogP contribution in [0, 0.1) is 10.1 Å². The van der Waals surface area contributed by atoms with Crippen molar-refractivity contribution in [2.45, 2.75) is 6.54 Å². The Morgan fingerprint density at radius 2 is 1.81 bits per heavy atom. The number of carbonyl (C=O) groups excluding carboxylic acids is 1. The van der Waals surface area contributed by atoms with Gasteiger partial charge in [-0.05, 0) is 29.8 Å². The minimum Gasteiger partial charge on any atom is -0.348 e. The minimum atomic E-state index is -0.599. The molecule has 5 nitrogen and oxygen atoms in total. The fraction of sp³-hybridized carbons (Fsp3) is 0.0714. The van der Waals surface area contributed by atoms with E-state index in [1.54, 1.807) is 24.3 Å². The molecule has 2 aromatic rings. The van der Waals surface area contributed by atoms with Crippen LogP contribution in [0.3, 0.4) is 0 Å². The predicted octanol–water partition coefficient (Wildman–Crippen LogP) is 3.83. The summed E-state index contributed by atoms with van der Waals surface area (Å²) in [7, 11) is 0. The van der Waals surface area contributed by atoms with Crippen LogP contribution in [0.5, 0.6) is 0 Å². The fourth-order valence-corrected chi connectivity index (χ4v) is 2.06. The molecule has 108 valence electrons. The van der Waals surface area contributed by atoms with Gasteiger partial charge in [0.15, 0.2) is 0 Å². The van der Waals surface area contributed by atoms with Crippen LogP contribution in [0.2, 0.25) is 10.0 Å². The van der Waals surface area contributed by atoms with Gasteiger partial charge in [0.2, 0.25) is 0 Å². The Kier molecular flexibility index (Phi) is 4.77. The van der Waals surface area contributed by atoms with Crippen molar-refractivity contribution in [1.29, 1.82) is 0 Å². The molecule has 0 heterocycles. The van der Waals surface area contributed by atoms with Crippen molar-refractivity contribution in [3.63, 3.8) is 0 Å². The molecule has 0 aliphatic carbocycles. The molecule has 0 aromatic heterocycles. The quantitative estimate of drug-likeness (QED) is 0.686. The van der Waals surface area contributed by atoms with E-state index in [1.807, 2.05) is 0 Å². The Balaban J connectivity index is 2.05. The maximum absolute atomic E-state index is 12.0. The first kappa shape index (κ1) is 15.3. The lowest BCUT2D eigenvalue weighted by Crippen LogP contribution is -2.22. The molecule has 1 N–H and O–H groups in total. The largest absolute Gasteiger partial charge is 0.348 e. The van der Waals surface area contributed by atoms with Crippen molar-refractivity contribution in [3.8, 4) is 0 Å². The van der Waals surface area contributed by atoms with E-state index < -0.39 is 4.92 Å². The SMILES string of the molecule is O=C(NCc1ccc(Cl)cc1)c1ccc([N+](=O)[O-])c(Cl)c1. The summed E-state index contributed by atoms with van der Waals surface area (Å²) < 4.78 is 0. The summed E-state index contributed by atoms with van der Waals surface area (Å²) in [6.07, 6.45) is 0. The molecular weight excluding hydrogens is 315 g/mol. The number of hydrogen-bond acceptors (Lipinski definition) is 3. The predicted molar refractivity (Wildman–Crippen MR) is 80.7 cm³/mol. The van der Waals surface area contributed by atoms with Crippen molar-refractivity contribution in [3.05, 3.63) is 73.8 Å². The zero-order chi connectivity index (χ0) is 15.4. The number of nitro groups is 1. The van der Waals surface area contributed by atoms with Crippen molar-refractivity contribution in [2.75, 3.05) is 0 Å². The van der Waals surface area contributed by atoms with Crippen LogP contribution in [0.4, 0.5) is 5.69 Å². The van der Waals surface area contributed by atoms with Gasteiger partial charge in [-0.15, -0.1) is 0 Å². The van der Waals surface area contributed by atoms with Gasteiger partial charge in [-0.2, -0.15) is 0 Å². The molecule has 7 heteroatoms. The van der Waals surface area contributed by atoms with Gasteiger partial charge in [-0.25, -0.2) is 0 Å². The minimum absolute atomic E-state index is 0.0702. The van der Waals surface area contributed by atoms with E-state index in [4.69, 9.17) is 23.2 Å². The van der Waals surface area contributed by atoms with Crippen molar-refractivity contribution < 1.29 is 9.72 Å². The van der Waals surface area contributed by atoms with Crippen LogP contribution < -0.4 is 5.32 Å². The summed E-state index contributed by atoms with van der Waals surface area (Å²) in [5.41, 5.74) is 0.922.